The molecule has 1 aliphatic rings. The highest BCUT2D eigenvalue weighted by atomic mass is 35.5. The number of benzene rings is 3. The number of anilines is 1. The number of ether oxygens (including phenoxy) is 2. The normalized spacial score (nSPS) is 14.2. The van der Waals surface area contributed by atoms with Crippen molar-refractivity contribution < 1.29 is 19.1 Å². The van der Waals surface area contributed by atoms with Gasteiger partial charge in [0.25, 0.3) is 0 Å². The molecule has 0 spiro atoms. The first kappa shape index (κ1) is 30.3. The molecule has 1 fully saturated rings. The molecule has 3 aromatic rings. The molecule has 0 radical (unpaired) electrons. The number of carbonyl (C=O) groups excluding carboxylic acids is 2. The third-order valence-corrected chi connectivity index (χ3v) is 7.80. The van der Waals surface area contributed by atoms with Crippen LogP contribution in [0.3, 0.4) is 0 Å². The third-order valence-electron chi connectivity index (χ3n) is 6.67. The summed E-state index contributed by atoms with van der Waals surface area (Å²) >= 11 is 1.69. The second-order valence-electron chi connectivity index (χ2n) is 9.44. The summed E-state index contributed by atoms with van der Waals surface area (Å²) in [4.78, 5) is 27.9. The predicted octanol–water partition coefficient (Wildman–Crippen LogP) is 6.11. The first-order chi connectivity index (χ1) is 18.5. The van der Waals surface area contributed by atoms with Crippen molar-refractivity contribution in [2.45, 2.75) is 42.6 Å². The molecule has 1 saturated heterocycles. The van der Waals surface area contributed by atoms with Gasteiger partial charge in [-0.25, -0.2) is 4.79 Å². The number of hydrogen-bond acceptors (Lipinski definition) is 6. The molecule has 3 N–H and O–H groups in total. The van der Waals surface area contributed by atoms with E-state index in [4.69, 9.17) is 15.2 Å². The van der Waals surface area contributed by atoms with Gasteiger partial charge >= 0.3 is 6.09 Å². The smallest absolute Gasteiger partial charge is 0.410 e. The molecule has 1 aliphatic heterocycles. The van der Waals surface area contributed by atoms with Gasteiger partial charge < -0.3 is 25.4 Å². The maximum absolute atomic E-state index is 12.8. The molecule has 3 aromatic carbocycles. The van der Waals surface area contributed by atoms with Crippen molar-refractivity contribution in [1.82, 2.24) is 4.90 Å². The van der Waals surface area contributed by atoms with Gasteiger partial charge in [-0.1, -0.05) is 60.7 Å². The van der Waals surface area contributed by atoms with Crippen LogP contribution in [0.15, 0.2) is 83.8 Å². The van der Waals surface area contributed by atoms with Crippen LogP contribution in [-0.2, 0) is 21.9 Å². The highest BCUT2D eigenvalue weighted by Crippen LogP contribution is 2.34. The van der Waals surface area contributed by atoms with Crippen molar-refractivity contribution in [3.8, 4) is 5.75 Å². The van der Waals surface area contributed by atoms with Crippen molar-refractivity contribution in [3.63, 3.8) is 0 Å². The lowest BCUT2D eigenvalue weighted by Crippen LogP contribution is -2.42. The van der Waals surface area contributed by atoms with Crippen LogP contribution in [0, 0.1) is 5.92 Å². The van der Waals surface area contributed by atoms with Crippen LogP contribution < -0.4 is 15.8 Å². The minimum absolute atomic E-state index is 0. The summed E-state index contributed by atoms with van der Waals surface area (Å²) in [5, 5.41) is 2.93. The fourth-order valence-electron chi connectivity index (χ4n) is 4.46. The number of halogens is 1. The number of hydrogen-bond donors (Lipinski definition) is 2. The van der Waals surface area contributed by atoms with Crippen molar-refractivity contribution in [1.29, 1.82) is 0 Å². The molecule has 1 atom stereocenters. The summed E-state index contributed by atoms with van der Waals surface area (Å²) in [7, 11) is 1.63. The summed E-state index contributed by atoms with van der Waals surface area (Å²) in [6.07, 6.45) is 1.86. The largest absolute Gasteiger partial charge is 0.496 e. The zero-order valence-electron chi connectivity index (χ0n) is 22.1. The average Bonchev–Trinajstić information content (AvgIpc) is 2.96. The van der Waals surface area contributed by atoms with Crippen molar-refractivity contribution in [3.05, 3.63) is 90.0 Å². The first-order valence-electron chi connectivity index (χ1n) is 12.9. The molecule has 4 rings (SSSR count). The Kier molecular flexibility index (Phi) is 12.0. The molecular weight excluding hydrogens is 534 g/mol. The van der Waals surface area contributed by atoms with Gasteiger partial charge in [-0.2, -0.15) is 0 Å². The van der Waals surface area contributed by atoms with Crippen LogP contribution in [0.2, 0.25) is 0 Å². The summed E-state index contributed by atoms with van der Waals surface area (Å²) in [6.45, 7) is 1.47. The van der Waals surface area contributed by atoms with Gasteiger partial charge in [-0.15, -0.1) is 24.2 Å². The van der Waals surface area contributed by atoms with Crippen LogP contribution in [-0.4, -0.2) is 43.1 Å². The van der Waals surface area contributed by atoms with Crippen molar-refractivity contribution in [2.24, 2.45) is 11.7 Å². The molecular formula is C30H36ClN3O4S. The van der Waals surface area contributed by atoms with Crippen LogP contribution in [0.4, 0.5) is 10.5 Å². The van der Waals surface area contributed by atoms with Gasteiger partial charge in [-0.05, 0) is 48.4 Å². The maximum Gasteiger partial charge on any atom is 0.410 e. The number of amides is 2. The topological polar surface area (TPSA) is 93.9 Å². The number of nitrogens with two attached hydrogens (primary N) is 1. The molecule has 2 amide bonds. The second kappa shape index (κ2) is 15.4. The molecule has 1 unspecified atom stereocenters. The SMILES string of the molecule is COc1cc(NC(=O)C(N)CC2CCN(C(=O)OCc3ccccc3)CC2)ccc1SCc1ccccc1.Cl. The number of carbonyl (C=O) groups is 2. The van der Waals surface area contributed by atoms with Crippen LogP contribution >= 0.6 is 24.2 Å². The molecule has 7 nitrogen and oxygen atoms in total. The lowest BCUT2D eigenvalue weighted by atomic mass is 9.90. The van der Waals surface area contributed by atoms with E-state index in [1.54, 1.807) is 23.8 Å². The summed E-state index contributed by atoms with van der Waals surface area (Å²) in [6, 6.07) is 24.9. The number of rotatable bonds is 10. The molecule has 0 bridgehead atoms. The fourth-order valence-corrected chi connectivity index (χ4v) is 5.43. The summed E-state index contributed by atoms with van der Waals surface area (Å²) in [5.41, 5.74) is 9.12. The van der Waals surface area contributed by atoms with Crippen LogP contribution in [0.5, 0.6) is 5.75 Å². The van der Waals surface area contributed by atoms with Crippen LogP contribution in [0.1, 0.15) is 30.4 Å². The fraction of sp³-hybridized carbons (Fsp3) is 0.333. The lowest BCUT2D eigenvalue weighted by molar-refractivity contribution is -0.117. The van der Waals surface area contributed by atoms with E-state index >= 15 is 0 Å². The molecule has 0 aromatic heterocycles. The average molecular weight is 570 g/mol. The number of thioether (sulfide) groups is 1. The Morgan fingerprint density at radius 3 is 2.28 bits per heavy atom. The first-order valence-corrected chi connectivity index (χ1v) is 13.9. The minimum Gasteiger partial charge on any atom is -0.496 e. The zero-order chi connectivity index (χ0) is 26.7. The van der Waals surface area contributed by atoms with Gasteiger partial charge in [0.2, 0.25) is 5.91 Å². The number of nitrogens with zero attached hydrogens (tertiary/aromatic N) is 1. The number of piperidine rings is 1. The highest BCUT2D eigenvalue weighted by Gasteiger charge is 2.27. The standard InChI is InChI=1S/C30H35N3O4S.ClH/c1-36-27-19-25(12-13-28(27)38-21-24-10-6-3-7-11-24)32-29(34)26(31)18-22-14-16-33(17-15-22)30(35)37-20-23-8-4-2-5-9-23;/h2-13,19,22,26H,14-18,20-21,31H2,1H3,(H,32,34);1H. The molecule has 1 heterocycles. The number of methoxy groups -OCH3 is 1. The summed E-state index contributed by atoms with van der Waals surface area (Å²) < 4.78 is 11.0. The Morgan fingerprint density at radius 2 is 1.64 bits per heavy atom. The van der Waals surface area contributed by atoms with Gasteiger partial charge in [0.05, 0.1) is 13.2 Å². The van der Waals surface area contributed by atoms with E-state index in [2.05, 4.69) is 17.4 Å². The lowest BCUT2D eigenvalue weighted by Gasteiger charge is -2.32. The van der Waals surface area contributed by atoms with E-state index < -0.39 is 6.04 Å². The van der Waals surface area contributed by atoms with Crippen LogP contribution in [0.25, 0.3) is 0 Å². The highest BCUT2D eigenvalue weighted by molar-refractivity contribution is 7.98. The number of likely N-dealkylation sites (tertiary alicyclic amines) is 1. The Labute approximate surface area is 240 Å². The van der Waals surface area contributed by atoms with Gasteiger partial charge in [0, 0.05) is 35.5 Å². The van der Waals surface area contributed by atoms with E-state index in [1.807, 2.05) is 66.7 Å². The van der Waals surface area contributed by atoms with E-state index in [0.29, 0.717) is 30.9 Å². The van der Waals surface area contributed by atoms with E-state index in [-0.39, 0.29) is 36.9 Å². The molecule has 208 valence electrons. The third kappa shape index (κ3) is 9.20. The Bertz CT molecular complexity index is 1190. The minimum atomic E-state index is -0.630. The molecule has 0 aliphatic carbocycles. The molecule has 9 heteroatoms. The predicted molar refractivity (Wildman–Crippen MR) is 158 cm³/mol. The Morgan fingerprint density at radius 1 is 1.00 bits per heavy atom. The quantitative estimate of drug-likeness (QED) is 0.286. The summed E-state index contributed by atoms with van der Waals surface area (Å²) in [5.74, 6) is 1.60. The maximum atomic E-state index is 12.8. The molecule has 0 saturated carbocycles. The van der Waals surface area contributed by atoms with Gasteiger partial charge in [0.1, 0.15) is 12.4 Å². The Hall–Kier alpha value is -3.20. The molecule has 39 heavy (non-hydrogen) atoms. The monoisotopic (exact) mass is 569 g/mol. The zero-order valence-corrected chi connectivity index (χ0v) is 23.7. The van der Waals surface area contributed by atoms with E-state index in [0.717, 1.165) is 29.1 Å². The van der Waals surface area contributed by atoms with Crippen molar-refractivity contribution >= 4 is 41.9 Å². The van der Waals surface area contributed by atoms with Gasteiger partial charge in [-0.3, -0.25) is 4.79 Å². The van der Waals surface area contributed by atoms with Gasteiger partial charge in [0.15, 0.2) is 0 Å². The van der Waals surface area contributed by atoms with E-state index in [9.17, 15) is 9.59 Å². The Balaban J connectivity index is 0.00000420. The van der Waals surface area contributed by atoms with E-state index in [1.165, 1.54) is 5.56 Å². The number of nitrogens with one attached hydrogen (secondary N) is 1. The second-order valence-corrected chi connectivity index (χ2v) is 10.5. The van der Waals surface area contributed by atoms with Crippen molar-refractivity contribution in [2.75, 3.05) is 25.5 Å².